The number of benzene rings is 1. The lowest BCUT2D eigenvalue weighted by Crippen LogP contribution is -2.56. The number of amides is 1. The lowest BCUT2D eigenvalue weighted by atomic mass is 9.84. The van der Waals surface area contributed by atoms with Gasteiger partial charge in [0.25, 0.3) is 0 Å². The van der Waals surface area contributed by atoms with Gasteiger partial charge in [0.1, 0.15) is 5.82 Å². The van der Waals surface area contributed by atoms with Crippen molar-refractivity contribution in [1.82, 2.24) is 10.2 Å². The van der Waals surface area contributed by atoms with Crippen LogP contribution in [0.2, 0.25) is 0 Å². The van der Waals surface area contributed by atoms with Crippen LogP contribution in [0.3, 0.4) is 0 Å². The van der Waals surface area contributed by atoms with E-state index in [-0.39, 0.29) is 30.4 Å². The Morgan fingerprint density at radius 3 is 2.56 bits per heavy atom. The van der Waals surface area contributed by atoms with E-state index in [1.165, 1.54) is 6.07 Å². The maximum absolute atomic E-state index is 13.8. The number of carboxylic acids is 1. The molecule has 2 N–H and O–H groups in total. The Morgan fingerprint density at radius 2 is 2.00 bits per heavy atom. The van der Waals surface area contributed by atoms with Crippen LogP contribution in [0.5, 0.6) is 0 Å². The van der Waals surface area contributed by atoms with Gasteiger partial charge in [-0.2, -0.15) is 0 Å². The largest absolute Gasteiger partial charge is 0.480 e. The molecule has 2 saturated carbocycles. The van der Waals surface area contributed by atoms with Crippen molar-refractivity contribution in [3.05, 3.63) is 35.6 Å². The van der Waals surface area contributed by atoms with E-state index in [4.69, 9.17) is 5.11 Å². The van der Waals surface area contributed by atoms with Crippen molar-refractivity contribution in [3.8, 4) is 0 Å². The molecule has 0 heterocycles. The number of hydrogen-bond donors (Lipinski definition) is 2. The molecule has 1 aromatic carbocycles. The zero-order valence-corrected chi connectivity index (χ0v) is 14.5. The summed E-state index contributed by atoms with van der Waals surface area (Å²) in [5.41, 5.74) is 0.138. The molecule has 3 rings (SSSR count). The maximum Gasteiger partial charge on any atom is 0.317 e. The molecule has 1 aromatic rings. The van der Waals surface area contributed by atoms with Gasteiger partial charge in [-0.15, -0.1) is 0 Å². The first kappa shape index (κ1) is 17.9. The third-order valence-corrected chi connectivity index (χ3v) is 5.53. The van der Waals surface area contributed by atoms with Gasteiger partial charge in [-0.3, -0.25) is 14.5 Å². The Hall–Kier alpha value is -1.95. The second-order valence-electron chi connectivity index (χ2n) is 7.30. The van der Waals surface area contributed by atoms with Crippen LogP contribution in [-0.2, 0) is 16.0 Å². The number of nitrogens with zero attached hydrogens (tertiary/aromatic N) is 1. The van der Waals surface area contributed by atoms with E-state index in [2.05, 4.69) is 5.32 Å². The first-order chi connectivity index (χ1) is 11.9. The van der Waals surface area contributed by atoms with Gasteiger partial charge in [-0.05, 0) is 50.3 Å². The normalized spacial score (nSPS) is 23.8. The molecule has 5 nitrogen and oxygen atoms in total. The van der Waals surface area contributed by atoms with Crippen molar-refractivity contribution < 1.29 is 19.1 Å². The van der Waals surface area contributed by atoms with Crippen molar-refractivity contribution in [2.24, 2.45) is 5.41 Å². The molecule has 0 aliphatic heterocycles. The summed E-state index contributed by atoms with van der Waals surface area (Å²) in [6.45, 7) is 2.68. The minimum atomic E-state index is -0.823. The van der Waals surface area contributed by atoms with E-state index in [0.29, 0.717) is 18.5 Å². The fraction of sp³-hybridized carbons (Fsp3) is 0.579. The molecule has 2 fully saturated rings. The van der Waals surface area contributed by atoms with E-state index in [1.807, 2.05) is 11.8 Å². The molecular weight excluding hydrogens is 323 g/mol. The fourth-order valence-electron chi connectivity index (χ4n) is 3.66. The molecule has 0 radical (unpaired) electrons. The van der Waals surface area contributed by atoms with Gasteiger partial charge in [0, 0.05) is 12.1 Å². The molecular formula is C19H25FN2O3. The lowest BCUT2D eigenvalue weighted by Gasteiger charge is -2.42. The highest BCUT2D eigenvalue weighted by Crippen LogP contribution is 2.49. The Morgan fingerprint density at radius 1 is 1.32 bits per heavy atom. The van der Waals surface area contributed by atoms with E-state index in [9.17, 15) is 14.0 Å². The summed E-state index contributed by atoms with van der Waals surface area (Å²) in [5, 5.41) is 12.0. The van der Waals surface area contributed by atoms with Crippen LogP contribution in [0.15, 0.2) is 24.3 Å². The third kappa shape index (κ3) is 4.00. The van der Waals surface area contributed by atoms with Crippen LogP contribution in [0, 0.1) is 11.2 Å². The van der Waals surface area contributed by atoms with Crippen molar-refractivity contribution in [2.75, 3.05) is 13.1 Å². The smallest absolute Gasteiger partial charge is 0.317 e. The van der Waals surface area contributed by atoms with Crippen LogP contribution in [0.4, 0.5) is 4.39 Å². The quantitative estimate of drug-likeness (QED) is 0.756. The Bertz CT molecular complexity index is 654. The van der Waals surface area contributed by atoms with Gasteiger partial charge in [0.05, 0.1) is 12.0 Å². The summed E-state index contributed by atoms with van der Waals surface area (Å²) in [4.78, 5) is 25.4. The molecule has 0 saturated heterocycles. The van der Waals surface area contributed by atoms with Crippen molar-refractivity contribution in [3.63, 3.8) is 0 Å². The van der Waals surface area contributed by atoms with Crippen molar-refractivity contribution in [2.45, 2.75) is 51.1 Å². The number of aliphatic carboxylic acids is 1. The van der Waals surface area contributed by atoms with Gasteiger partial charge in [0.2, 0.25) is 5.91 Å². The highest BCUT2D eigenvalue weighted by atomic mass is 19.1. The molecule has 25 heavy (non-hydrogen) atoms. The predicted octanol–water partition coefficient (Wildman–Crippen LogP) is 2.20. The Balaban J connectivity index is 1.50. The maximum atomic E-state index is 13.8. The first-order valence-electron chi connectivity index (χ1n) is 8.94. The molecule has 2 aliphatic rings. The van der Waals surface area contributed by atoms with Gasteiger partial charge < -0.3 is 10.4 Å². The van der Waals surface area contributed by atoms with E-state index < -0.39 is 11.4 Å². The SMILES string of the molecule is CCN(CC(=O)O)C1CC(NC(=O)C2(Cc3ccccc3F)CC2)C1. The lowest BCUT2D eigenvalue weighted by molar-refractivity contribution is -0.140. The summed E-state index contributed by atoms with van der Waals surface area (Å²) in [5.74, 6) is -1.06. The number of hydrogen-bond acceptors (Lipinski definition) is 3. The molecule has 0 unspecified atom stereocenters. The molecule has 2 aliphatic carbocycles. The third-order valence-electron chi connectivity index (χ3n) is 5.53. The minimum Gasteiger partial charge on any atom is -0.480 e. The van der Waals surface area contributed by atoms with Gasteiger partial charge in [0.15, 0.2) is 0 Å². The molecule has 0 aromatic heterocycles. The summed E-state index contributed by atoms with van der Waals surface area (Å²) in [6, 6.07) is 6.94. The van der Waals surface area contributed by atoms with Gasteiger partial charge >= 0.3 is 5.97 Å². The topological polar surface area (TPSA) is 69.6 Å². The van der Waals surface area contributed by atoms with Gasteiger partial charge in [-0.25, -0.2) is 4.39 Å². The van der Waals surface area contributed by atoms with Crippen LogP contribution in [0.25, 0.3) is 0 Å². The second kappa shape index (κ2) is 7.12. The van der Waals surface area contributed by atoms with E-state index in [0.717, 1.165) is 25.7 Å². The fourth-order valence-corrected chi connectivity index (χ4v) is 3.66. The van der Waals surface area contributed by atoms with E-state index in [1.54, 1.807) is 18.2 Å². The van der Waals surface area contributed by atoms with Crippen molar-refractivity contribution in [1.29, 1.82) is 0 Å². The molecule has 1 amide bonds. The number of nitrogens with one attached hydrogen (secondary N) is 1. The average molecular weight is 348 g/mol. The summed E-state index contributed by atoms with van der Waals surface area (Å²) >= 11 is 0. The number of halogens is 1. The molecule has 6 heteroatoms. The van der Waals surface area contributed by atoms with Crippen LogP contribution < -0.4 is 5.32 Å². The molecule has 136 valence electrons. The Labute approximate surface area is 147 Å². The summed E-state index contributed by atoms with van der Waals surface area (Å²) < 4.78 is 13.8. The Kier molecular flexibility index (Phi) is 5.08. The number of carbonyl (C=O) groups is 2. The minimum absolute atomic E-state index is 0.0143. The summed E-state index contributed by atoms with van der Waals surface area (Å²) in [7, 11) is 0. The molecule has 0 atom stereocenters. The predicted molar refractivity (Wildman–Crippen MR) is 91.6 cm³/mol. The zero-order chi connectivity index (χ0) is 18.0. The highest BCUT2D eigenvalue weighted by Gasteiger charge is 2.51. The monoisotopic (exact) mass is 348 g/mol. The number of carbonyl (C=O) groups excluding carboxylic acids is 1. The van der Waals surface area contributed by atoms with Crippen molar-refractivity contribution >= 4 is 11.9 Å². The average Bonchev–Trinajstić information content (AvgIpc) is 3.31. The number of carboxylic acid groups (broad SMARTS) is 1. The summed E-state index contributed by atoms with van der Waals surface area (Å²) in [6.07, 6.45) is 3.60. The molecule has 0 spiro atoms. The van der Waals surface area contributed by atoms with Crippen LogP contribution in [0.1, 0.15) is 38.2 Å². The number of rotatable bonds is 8. The second-order valence-corrected chi connectivity index (χ2v) is 7.30. The molecule has 0 bridgehead atoms. The van der Waals surface area contributed by atoms with E-state index >= 15 is 0 Å². The number of likely N-dealkylation sites (N-methyl/N-ethyl adjacent to an activating group) is 1. The zero-order valence-electron chi connectivity index (χ0n) is 14.5. The first-order valence-corrected chi connectivity index (χ1v) is 8.94. The van der Waals surface area contributed by atoms with Crippen LogP contribution in [-0.4, -0.2) is 47.1 Å². The van der Waals surface area contributed by atoms with Crippen LogP contribution >= 0.6 is 0 Å². The van der Waals surface area contributed by atoms with Gasteiger partial charge in [-0.1, -0.05) is 25.1 Å². The highest BCUT2D eigenvalue weighted by molar-refractivity contribution is 5.86. The standard InChI is InChI=1S/C19H25FN2O3/c1-2-22(12-17(23)24)15-9-14(10-15)21-18(25)19(7-8-19)11-13-5-3-4-6-16(13)20/h3-6,14-15H,2,7-12H2,1H3,(H,21,25)(H,23,24).